The Kier molecular flexibility index (Phi) is 10.5. The number of oxazole rings is 1. The number of nitrogens with one attached hydrogen (secondary N) is 1. The highest BCUT2D eigenvalue weighted by Crippen LogP contribution is 2.32. The van der Waals surface area contributed by atoms with Gasteiger partial charge in [0.1, 0.15) is 17.5 Å². The molecule has 8 heteroatoms. The van der Waals surface area contributed by atoms with Gasteiger partial charge in [0.25, 0.3) is 0 Å². The number of aromatic nitrogens is 1. The van der Waals surface area contributed by atoms with Crippen LogP contribution in [0.2, 0.25) is 0 Å². The standard InChI is InChI=1S/C30H38N2O6/c1-6-10-20(11-7-2)27-25(31-29(38-27)22-13-9-14-23(17-22)36-5)18-37-24-15-8-12-21(16-24)28(33)32-26(19(3)4)30(34)35/h6-7,9-11,13-14,17,19,21,24,26H,1,8,12,15-16,18H2,2-5H3,(H,32,33)(H,34,35)/b11-7-,20-10+/t21?,24?,26-/m0/s1. The van der Waals surface area contributed by atoms with E-state index in [-0.39, 0.29) is 30.5 Å². The molecule has 0 bridgehead atoms. The van der Waals surface area contributed by atoms with Crippen molar-refractivity contribution in [1.29, 1.82) is 0 Å². The minimum absolute atomic E-state index is 0.153. The van der Waals surface area contributed by atoms with E-state index in [2.05, 4.69) is 11.9 Å². The predicted molar refractivity (Wildman–Crippen MR) is 146 cm³/mol. The molecule has 1 heterocycles. The lowest BCUT2D eigenvalue weighted by Crippen LogP contribution is -2.47. The topological polar surface area (TPSA) is 111 Å². The van der Waals surface area contributed by atoms with Gasteiger partial charge in [-0.05, 0) is 50.3 Å². The zero-order valence-electron chi connectivity index (χ0n) is 22.6. The molecule has 1 aromatic carbocycles. The average Bonchev–Trinajstić information content (AvgIpc) is 3.34. The van der Waals surface area contributed by atoms with Crippen LogP contribution in [0.25, 0.3) is 17.0 Å². The van der Waals surface area contributed by atoms with Crippen LogP contribution in [0.3, 0.4) is 0 Å². The molecule has 204 valence electrons. The molecule has 1 aliphatic rings. The number of carboxylic acids is 1. The Morgan fingerprint density at radius 2 is 2.11 bits per heavy atom. The molecule has 38 heavy (non-hydrogen) atoms. The van der Waals surface area contributed by atoms with Gasteiger partial charge in [-0.15, -0.1) is 0 Å². The van der Waals surface area contributed by atoms with Gasteiger partial charge < -0.3 is 24.3 Å². The summed E-state index contributed by atoms with van der Waals surface area (Å²) in [5.74, 6) is -0.00920. The molecule has 1 aliphatic carbocycles. The maximum absolute atomic E-state index is 12.8. The molecule has 3 rings (SSSR count). The maximum Gasteiger partial charge on any atom is 0.326 e. The van der Waals surface area contributed by atoms with Crippen LogP contribution in [-0.2, 0) is 20.9 Å². The Morgan fingerprint density at radius 1 is 1.32 bits per heavy atom. The van der Waals surface area contributed by atoms with Crippen molar-refractivity contribution < 1.29 is 28.6 Å². The first-order valence-electron chi connectivity index (χ1n) is 13.0. The summed E-state index contributed by atoms with van der Waals surface area (Å²) in [6.07, 6.45) is 10.1. The summed E-state index contributed by atoms with van der Waals surface area (Å²) in [6, 6.07) is 6.59. The van der Waals surface area contributed by atoms with Gasteiger partial charge in [-0.1, -0.05) is 57.2 Å². The molecule has 1 aromatic heterocycles. The van der Waals surface area contributed by atoms with Gasteiger partial charge in [0, 0.05) is 17.1 Å². The number of nitrogens with zero attached hydrogens (tertiary/aromatic N) is 1. The summed E-state index contributed by atoms with van der Waals surface area (Å²) in [4.78, 5) is 29.1. The van der Waals surface area contributed by atoms with E-state index in [0.717, 1.165) is 24.0 Å². The van der Waals surface area contributed by atoms with E-state index in [1.807, 2.05) is 49.4 Å². The monoisotopic (exact) mass is 522 g/mol. The van der Waals surface area contributed by atoms with Crippen molar-refractivity contribution in [1.82, 2.24) is 10.3 Å². The molecular weight excluding hydrogens is 484 g/mol. The summed E-state index contributed by atoms with van der Waals surface area (Å²) in [7, 11) is 1.61. The normalized spacial score (nSPS) is 18.9. The summed E-state index contributed by atoms with van der Waals surface area (Å²) in [5.41, 5.74) is 2.24. The third-order valence-corrected chi connectivity index (χ3v) is 6.60. The molecule has 1 fully saturated rings. The van der Waals surface area contributed by atoms with E-state index in [0.29, 0.717) is 35.9 Å². The van der Waals surface area contributed by atoms with E-state index < -0.39 is 12.0 Å². The third kappa shape index (κ3) is 7.44. The van der Waals surface area contributed by atoms with Crippen LogP contribution in [-0.4, -0.2) is 41.2 Å². The van der Waals surface area contributed by atoms with Crippen LogP contribution >= 0.6 is 0 Å². The fourth-order valence-electron chi connectivity index (χ4n) is 4.58. The second-order valence-corrected chi connectivity index (χ2v) is 9.75. The summed E-state index contributed by atoms with van der Waals surface area (Å²) >= 11 is 0. The summed E-state index contributed by atoms with van der Waals surface area (Å²) < 4.78 is 17.8. The van der Waals surface area contributed by atoms with Crippen molar-refractivity contribution in [3.8, 4) is 17.2 Å². The van der Waals surface area contributed by atoms with Gasteiger partial charge in [0.2, 0.25) is 11.8 Å². The Labute approximate surface area is 224 Å². The van der Waals surface area contributed by atoms with E-state index in [1.54, 1.807) is 27.0 Å². The fraction of sp³-hybridized carbons (Fsp3) is 0.433. The number of allylic oxidation sites excluding steroid dienone is 5. The van der Waals surface area contributed by atoms with Crippen LogP contribution < -0.4 is 10.1 Å². The molecule has 0 spiro atoms. The van der Waals surface area contributed by atoms with Gasteiger partial charge in [-0.2, -0.15) is 0 Å². The number of amides is 1. The molecule has 1 amide bonds. The second-order valence-electron chi connectivity index (χ2n) is 9.75. The third-order valence-electron chi connectivity index (χ3n) is 6.60. The van der Waals surface area contributed by atoms with E-state index in [4.69, 9.17) is 18.9 Å². The number of aliphatic carboxylic acids is 1. The fourth-order valence-corrected chi connectivity index (χ4v) is 4.58. The van der Waals surface area contributed by atoms with Gasteiger partial charge in [0.15, 0.2) is 5.76 Å². The van der Waals surface area contributed by atoms with Crippen LogP contribution in [0.15, 0.2) is 59.6 Å². The minimum atomic E-state index is -1.02. The molecular formula is C30H38N2O6. The first-order valence-corrected chi connectivity index (χ1v) is 13.0. The van der Waals surface area contributed by atoms with Gasteiger partial charge in [0.05, 0.1) is 19.8 Å². The van der Waals surface area contributed by atoms with Crippen molar-refractivity contribution in [3.05, 3.63) is 66.6 Å². The highest BCUT2D eigenvalue weighted by atomic mass is 16.5. The number of methoxy groups -OCH3 is 1. The van der Waals surface area contributed by atoms with E-state index in [9.17, 15) is 14.7 Å². The van der Waals surface area contributed by atoms with Crippen molar-refractivity contribution in [2.24, 2.45) is 11.8 Å². The summed E-state index contributed by atoms with van der Waals surface area (Å²) in [6.45, 7) is 9.51. The smallest absolute Gasteiger partial charge is 0.326 e. The van der Waals surface area contributed by atoms with Crippen molar-refractivity contribution in [2.45, 2.75) is 65.2 Å². The number of carboxylic acid groups (broad SMARTS) is 1. The molecule has 2 unspecified atom stereocenters. The van der Waals surface area contributed by atoms with Crippen LogP contribution in [0.5, 0.6) is 5.75 Å². The average molecular weight is 523 g/mol. The Bertz CT molecular complexity index is 1180. The van der Waals surface area contributed by atoms with Crippen LogP contribution in [0.1, 0.15) is 57.9 Å². The zero-order chi connectivity index (χ0) is 27.7. The van der Waals surface area contributed by atoms with E-state index >= 15 is 0 Å². The van der Waals surface area contributed by atoms with Crippen molar-refractivity contribution >= 4 is 17.4 Å². The number of benzene rings is 1. The molecule has 2 N–H and O–H groups in total. The van der Waals surface area contributed by atoms with Crippen LogP contribution in [0, 0.1) is 11.8 Å². The molecule has 3 atom stereocenters. The van der Waals surface area contributed by atoms with E-state index in [1.165, 1.54) is 0 Å². The highest BCUT2D eigenvalue weighted by molar-refractivity contribution is 5.85. The molecule has 2 aromatic rings. The van der Waals surface area contributed by atoms with Crippen molar-refractivity contribution in [2.75, 3.05) is 7.11 Å². The molecule has 1 saturated carbocycles. The van der Waals surface area contributed by atoms with Crippen molar-refractivity contribution in [3.63, 3.8) is 0 Å². The first-order chi connectivity index (χ1) is 18.3. The SMILES string of the molecule is C=C/C=C(\C=C/C)c1oc(-c2cccc(OC)c2)nc1COC1CCCC(C(=O)N[C@H](C(=O)O)C(C)C)C1. The number of rotatable bonds is 12. The molecule has 0 saturated heterocycles. The number of ether oxygens (including phenoxy) is 2. The lowest BCUT2D eigenvalue weighted by molar-refractivity contribution is -0.144. The lowest BCUT2D eigenvalue weighted by Gasteiger charge is -2.29. The quantitative estimate of drug-likeness (QED) is 0.339. The van der Waals surface area contributed by atoms with Gasteiger partial charge >= 0.3 is 5.97 Å². The second kappa shape index (κ2) is 13.8. The Balaban J connectivity index is 1.78. The predicted octanol–water partition coefficient (Wildman–Crippen LogP) is 5.80. The number of carbonyl (C=O) groups is 2. The lowest BCUT2D eigenvalue weighted by atomic mass is 9.86. The largest absolute Gasteiger partial charge is 0.497 e. The number of carbonyl (C=O) groups excluding carboxylic acids is 1. The number of hydrogen-bond acceptors (Lipinski definition) is 6. The minimum Gasteiger partial charge on any atom is -0.497 e. The summed E-state index contributed by atoms with van der Waals surface area (Å²) in [5, 5.41) is 12.1. The van der Waals surface area contributed by atoms with Gasteiger partial charge in [-0.3, -0.25) is 4.79 Å². The van der Waals surface area contributed by atoms with Crippen LogP contribution in [0.4, 0.5) is 0 Å². The molecule has 0 aliphatic heterocycles. The number of hydrogen-bond donors (Lipinski definition) is 2. The molecule has 0 radical (unpaired) electrons. The molecule has 8 nitrogen and oxygen atoms in total. The first kappa shape index (κ1) is 28.9. The Morgan fingerprint density at radius 3 is 2.76 bits per heavy atom. The highest BCUT2D eigenvalue weighted by Gasteiger charge is 2.32. The Hall–Kier alpha value is -3.65. The maximum atomic E-state index is 12.8. The van der Waals surface area contributed by atoms with Gasteiger partial charge in [-0.25, -0.2) is 9.78 Å². The zero-order valence-corrected chi connectivity index (χ0v) is 22.6.